The fourth-order valence-electron chi connectivity index (χ4n) is 2.01. The predicted octanol–water partition coefficient (Wildman–Crippen LogP) is 3.86. The van der Waals surface area contributed by atoms with Gasteiger partial charge in [0.15, 0.2) is 0 Å². The lowest BCUT2D eigenvalue weighted by Gasteiger charge is -2.12. The van der Waals surface area contributed by atoms with Gasteiger partial charge in [-0.05, 0) is 17.5 Å². The Labute approximate surface area is 123 Å². The van der Waals surface area contributed by atoms with Crippen molar-refractivity contribution in [2.45, 2.75) is 12.2 Å². The van der Waals surface area contributed by atoms with Crippen LogP contribution in [0.25, 0.3) is 0 Å². The third-order valence-corrected chi connectivity index (χ3v) is 4.28. The molecule has 0 amide bonds. The fraction of sp³-hybridized carbons (Fsp3) is 0.235. The van der Waals surface area contributed by atoms with Crippen LogP contribution in [-0.2, 0) is 17.0 Å². The van der Waals surface area contributed by atoms with Gasteiger partial charge in [0.1, 0.15) is 0 Å². The highest BCUT2D eigenvalue weighted by Gasteiger charge is 2.17. The van der Waals surface area contributed by atoms with E-state index in [9.17, 15) is 9.90 Å². The molecular weight excluding hydrogens is 268 g/mol. The van der Waals surface area contributed by atoms with Crippen LogP contribution in [-0.4, -0.2) is 16.8 Å². The van der Waals surface area contributed by atoms with E-state index in [0.717, 1.165) is 11.3 Å². The first-order chi connectivity index (χ1) is 9.75. The van der Waals surface area contributed by atoms with Crippen LogP contribution in [0.4, 0.5) is 0 Å². The summed E-state index contributed by atoms with van der Waals surface area (Å²) >= 11 is 1.68. The minimum absolute atomic E-state index is 0.328. The lowest BCUT2D eigenvalue weighted by molar-refractivity contribution is -0.140. The molecular formula is C17H18O2S. The maximum atomic E-state index is 11.3. The number of rotatable bonds is 7. The van der Waals surface area contributed by atoms with Crippen molar-refractivity contribution in [1.29, 1.82) is 0 Å². The Morgan fingerprint density at radius 2 is 1.50 bits per heavy atom. The summed E-state index contributed by atoms with van der Waals surface area (Å²) in [4.78, 5) is 11.3. The number of carbonyl (C=O) groups is 1. The molecule has 104 valence electrons. The van der Waals surface area contributed by atoms with E-state index in [1.807, 2.05) is 48.5 Å². The lowest BCUT2D eigenvalue weighted by Crippen LogP contribution is -2.19. The van der Waals surface area contributed by atoms with Gasteiger partial charge in [-0.3, -0.25) is 4.79 Å². The second-order valence-electron chi connectivity index (χ2n) is 4.73. The van der Waals surface area contributed by atoms with Crippen molar-refractivity contribution < 1.29 is 9.90 Å². The highest BCUT2D eigenvalue weighted by atomic mass is 32.2. The summed E-state index contributed by atoms with van der Waals surface area (Å²) in [5, 5.41) is 9.32. The van der Waals surface area contributed by atoms with E-state index in [4.69, 9.17) is 0 Å². The highest BCUT2D eigenvalue weighted by molar-refractivity contribution is 7.98. The molecule has 0 radical (unpaired) electrons. The second-order valence-corrected chi connectivity index (χ2v) is 5.76. The van der Waals surface area contributed by atoms with Crippen molar-refractivity contribution in [3.8, 4) is 0 Å². The van der Waals surface area contributed by atoms with Crippen LogP contribution in [0.3, 0.4) is 0 Å². The molecule has 0 aliphatic carbocycles. The number of hydrogen-bond donors (Lipinski definition) is 1. The Balaban J connectivity index is 1.85. The molecule has 0 saturated heterocycles. The number of thioether (sulfide) groups is 1. The van der Waals surface area contributed by atoms with Crippen LogP contribution in [0.15, 0.2) is 60.7 Å². The number of benzene rings is 2. The second kappa shape index (κ2) is 7.75. The standard InChI is InChI=1S/C17H18O2S/c18-17(19)16(11-14-7-3-1-4-8-14)13-20-12-15-9-5-2-6-10-15/h1-10,16H,11-13H2,(H,18,19). The van der Waals surface area contributed by atoms with Crippen molar-refractivity contribution in [2.24, 2.45) is 5.92 Å². The molecule has 2 rings (SSSR count). The smallest absolute Gasteiger partial charge is 0.307 e. The van der Waals surface area contributed by atoms with Crippen molar-refractivity contribution in [1.82, 2.24) is 0 Å². The molecule has 0 fully saturated rings. The molecule has 2 aromatic carbocycles. The molecule has 1 unspecified atom stereocenters. The van der Waals surface area contributed by atoms with Crippen molar-refractivity contribution in [2.75, 3.05) is 5.75 Å². The lowest BCUT2D eigenvalue weighted by atomic mass is 10.0. The molecule has 0 aliphatic rings. The zero-order valence-corrected chi connectivity index (χ0v) is 12.1. The summed E-state index contributed by atoms with van der Waals surface area (Å²) in [7, 11) is 0. The molecule has 2 nitrogen and oxygen atoms in total. The Hall–Kier alpha value is -1.74. The van der Waals surface area contributed by atoms with Crippen LogP contribution in [0, 0.1) is 5.92 Å². The van der Waals surface area contributed by atoms with Gasteiger partial charge in [0, 0.05) is 11.5 Å². The molecule has 0 spiro atoms. The van der Waals surface area contributed by atoms with E-state index in [-0.39, 0.29) is 5.92 Å². The quantitative estimate of drug-likeness (QED) is 0.839. The minimum Gasteiger partial charge on any atom is -0.481 e. The van der Waals surface area contributed by atoms with Gasteiger partial charge in [-0.2, -0.15) is 11.8 Å². The van der Waals surface area contributed by atoms with E-state index < -0.39 is 5.97 Å². The molecule has 0 heterocycles. The van der Waals surface area contributed by atoms with Crippen molar-refractivity contribution in [3.63, 3.8) is 0 Å². The number of carboxylic acid groups (broad SMARTS) is 1. The van der Waals surface area contributed by atoms with E-state index in [2.05, 4.69) is 12.1 Å². The van der Waals surface area contributed by atoms with Crippen LogP contribution in [0.5, 0.6) is 0 Å². The van der Waals surface area contributed by atoms with Gasteiger partial charge in [0.2, 0.25) is 0 Å². The molecule has 0 bridgehead atoms. The van der Waals surface area contributed by atoms with Crippen molar-refractivity contribution >= 4 is 17.7 Å². The average molecular weight is 286 g/mol. The average Bonchev–Trinajstić information content (AvgIpc) is 2.48. The van der Waals surface area contributed by atoms with E-state index in [1.165, 1.54) is 5.56 Å². The van der Waals surface area contributed by atoms with Gasteiger partial charge in [0.05, 0.1) is 5.92 Å². The van der Waals surface area contributed by atoms with Crippen LogP contribution in [0.1, 0.15) is 11.1 Å². The Bertz CT molecular complexity index is 525. The van der Waals surface area contributed by atoms with E-state index in [1.54, 1.807) is 11.8 Å². The van der Waals surface area contributed by atoms with E-state index in [0.29, 0.717) is 12.2 Å². The topological polar surface area (TPSA) is 37.3 Å². The third kappa shape index (κ3) is 4.74. The molecule has 2 aromatic rings. The molecule has 0 aliphatic heterocycles. The fourth-order valence-corrected chi connectivity index (χ4v) is 3.10. The summed E-state index contributed by atoms with van der Waals surface area (Å²) < 4.78 is 0. The van der Waals surface area contributed by atoms with Gasteiger partial charge in [0.25, 0.3) is 0 Å². The Morgan fingerprint density at radius 1 is 0.950 bits per heavy atom. The molecule has 3 heteroatoms. The van der Waals surface area contributed by atoms with Gasteiger partial charge >= 0.3 is 5.97 Å². The summed E-state index contributed by atoms with van der Waals surface area (Å²) in [5.41, 5.74) is 2.32. The van der Waals surface area contributed by atoms with Crippen molar-refractivity contribution in [3.05, 3.63) is 71.8 Å². The SMILES string of the molecule is O=C(O)C(CSCc1ccccc1)Cc1ccccc1. The van der Waals surface area contributed by atoms with Gasteiger partial charge in [-0.25, -0.2) is 0 Å². The molecule has 0 saturated carbocycles. The summed E-state index contributed by atoms with van der Waals surface area (Å²) in [6.45, 7) is 0. The summed E-state index contributed by atoms with van der Waals surface area (Å²) in [6.07, 6.45) is 0.595. The number of hydrogen-bond acceptors (Lipinski definition) is 2. The molecule has 1 atom stereocenters. The minimum atomic E-state index is -0.714. The maximum absolute atomic E-state index is 11.3. The Kier molecular flexibility index (Phi) is 5.69. The number of aliphatic carboxylic acids is 1. The first kappa shape index (κ1) is 14.7. The van der Waals surface area contributed by atoms with Gasteiger partial charge in [-0.15, -0.1) is 0 Å². The zero-order chi connectivity index (χ0) is 14.2. The van der Waals surface area contributed by atoms with Crippen LogP contribution in [0.2, 0.25) is 0 Å². The summed E-state index contributed by atoms with van der Waals surface area (Å²) in [5.74, 6) is 0.457. The Morgan fingerprint density at radius 3 is 2.05 bits per heavy atom. The molecule has 20 heavy (non-hydrogen) atoms. The predicted molar refractivity (Wildman–Crippen MR) is 83.9 cm³/mol. The van der Waals surface area contributed by atoms with E-state index >= 15 is 0 Å². The first-order valence-electron chi connectivity index (χ1n) is 6.64. The maximum Gasteiger partial charge on any atom is 0.307 e. The molecule has 0 aromatic heterocycles. The highest BCUT2D eigenvalue weighted by Crippen LogP contribution is 2.19. The van der Waals surface area contributed by atoms with Gasteiger partial charge in [-0.1, -0.05) is 60.7 Å². The van der Waals surface area contributed by atoms with Gasteiger partial charge < -0.3 is 5.11 Å². The summed E-state index contributed by atoms with van der Waals surface area (Å²) in [6, 6.07) is 20.0. The third-order valence-electron chi connectivity index (χ3n) is 3.10. The largest absolute Gasteiger partial charge is 0.481 e. The number of carboxylic acids is 1. The first-order valence-corrected chi connectivity index (χ1v) is 7.79. The van der Waals surface area contributed by atoms with Crippen LogP contribution < -0.4 is 0 Å². The monoisotopic (exact) mass is 286 g/mol. The molecule has 1 N–H and O–H groups in total. The van der Waals surface area contributed by atoms with Crippen LogP contribution >= 0.6 is 11.8 Å². The normalized spacial score (nSPS) is 12.0. The zero-order valence-electron chi connectivity index (χ0n) is 11.2.